The predicted molar refractivity (Wildman–Crippen MR) is 109 cm³/mol. The number of benzene rings is 1. The Kier molecular flexibility index (Phi) is 5.40. The smallest absolute Gasteiger partial charge is 0.449 e. The summed E-state index contributed by atoms with van der Waals surface area (Å²) in [5, 5.41) is 9.05. The van der Waals surface area contributed by atoms with Gasteiger partial charge in [0.15, 0.2) is 11.6 Å². The monoisotopic (exact) mass is 421 g/mol. The van der Waals surface area contributed by atoms with E-state index >= 15 is 0 Å². The first-order valence-corrected chi connectivity index (χ1v) is 10.3. The molecule has 1 aliphatic carbocycles. The van der Waals surface area contributed by atoms with Gasteiger partial charge in [-0.2, -0.15) is 0 Å². The third-order valence-electron chi connectivity index (χ3n) is 5.83. The van der Waals surface area contributed by atoms with Crippen molar-refractivity contribution in [3.8, 4) is 5.75 Å². The van der Waals surface area contributed by atoms with Gasteiger partial charge < -0.3 is 19.3 Å². The van der Waals surface area contributed by atoms with Gasteiger partial charge in [-0.15, -0.1) is 0 Å². The van der Waals surface area contributed by atoms with E-state index in [1.165, 1.54) is 0 Å². The number of hydrogen-bond acceptors (Lipinski definition) is 5. The molecule has 1 aromatic carbocycles. The lowest BCUT2D eigenvalue weighted by molar-refractivity contribution is 0.143. The molecule has 1 saturated heterocycles. The first-order chi connectivity index (χ1) is 14.3. The van der Waals surface area contributed by atoms with Crippen LogP contribution in [0.4, 0.5) is 19.4 Å². The van der Waals surface area contributed by atoms with E-state index in [1.54, 1.807) is 4.57 Å². The molecule has 4 rings (SSSR count). The van der Waals surface area contributed by atoms with Gasteiger partial charge in [-0.05, 0) is 38.8 Å². The molecule has 162 valence electrons. The molecule has 1 atom stereocenters. The Morgan fingerprint density at radius 1 is 1.27 bits per heavy atom. The third kappa shape index (κ3) is 3.62. The summed E-state index contributed by atoms with van der Waals surface area (Å²) in [6, 6.07) is 1.76. The second-order valence-corrected chi connectivity index (χ2v) is 8.07. The largest absolute Gasteiger partial charge is 0.511 e. The van der Waals surface area contributed by atoms with Crippen LogP contribution in [0.2, 0.25) is 0 Å². The predicted octanol–water partition coefficient (Wildman–Crippen LogP) is 3.59. The van der Waals surface area contributed by atoms with Gasteiger partial charge in [0.25, 0.3) is 0 Å². The number of piperazine rings is 1. The van der Waals surface area contributed by atoms with Crippen LogP contribution in [-0.4, -0.2) is 52.9 Å². The van der Waals surface area contributed by atoms with Crippen molar-refractivity contribution in [1.82, 2.24) is 9.47 Å². The van der Waals surface area contributed by atoms with Gasteiger partial charge in [0.2, 0.25) is 11.2 Å². The van der Waals surface area contributed by atoms with Crippen LogP contribution in [0.3, 0.4) is 0 Å². The molecule has 1 N–H and O–H groups in total. The van der Waals surface area contributed by atoms with Gasteiger partial charge in [-0.25, -0.2) is 13.6 Å². The fourth-order valence-corrected chi connectivity index (χ4v) is 4.39. The van der Waals surface area contributed by atoms with E-state index < -0.39 is 23.2 Å². The highest BCUT2D eigenvalue weighted by atomic mass is 19.1. The zero-order chi connectivity index (χ0) is 21.6. The van der Waals surface area contributed by atoms with Gasteiger partial charge in [-0.3, -0.25) is 9.69 Å². The maximum absolute atomic E-state index is 14.9. The molecule has 0 radical (unpaired) electrons. The molecule has 0 bridgehead atoms. The Morgan fingerprint density at radius 2 is 2.00 bits per heavy atom. The zero-order valence-corrected chi connectivity index (χ0v) is 17.0. The van der Waals surface area contributed by atoms with Crippen LogP contribution in [0.5, 0.6) is 5.75 Å². The molecule has 2 aliphatic rings. The molecule has 2 aromatic rings. The Bertz CT molecular complexity index is 1050. The number of aromatic nitrogens is 1. The number of pyridine rings is 1. The van der Waals surface area contributed by atoms with Crippen molar-refractivity contribution in [3.63, 3.8) is 0 Å². The fourth-order valence-electron chi connectivity index (χ4n) is 4.39. The van der Waals surface area contributed by atoms with Gasteiger partial charge in [0, 0.05) is 37.8 Å². The Balaban J connectivity index is 1.94. The first-order valence-electron chi connectivity index (χ1n) is 10.3. The summed E-state index contributed by atoms with van der Waals surface area (Å²) in [6.07, 6.45) is 0.904. The average molecular weight is 421 g/mol. The standard InChI is InChI=1S/C21H25F2N3O4/c1-3-6-24-7-8-25(11-12(24)2)20-19(30-21(28)29)18(27)15-9-13(22)10-16(23)17(15)26(20)14-4-5-14/h9-10,12,14H,3-8,11H2,1-2H3,(H,28,29). The Labute approximate surface area is 172 Å². The molecule has 2 fully saturated rings. The summed E-state index contributed by atoms with van der Waals surface area (Å²) < 4.78 is 35.3. The van der Waals surface area contributed by atoms with Crippen molar-refractivity contribution < 1.29 is 23.4 Å². The summed E-state index contributed by atoms with van der Waals surface area (Å²) in [5.41, 5.74) is -0.818. The van der Waals surface area contributed by atoms with Crippen LogP contribution in [0, 0.1) is 11.6 Å². The lowest BCUT2D eigenvalue weighted by Gasteiger charge is -2.42. The molecular formula is C21H25F2N3O4. The second-order valence-electron chi connectivity index (χ2n) is 8.07. The van der Waals surface area contributed by atoms with Gasteiger partial charge in [0.1, 0.15) is 5.82 Å². The maximum Gasteiger partial charge on any atom is 0.511 e. The Hall–Kier alpha value is -2.68. The van der Waals surface area contributed by atoms with Crippen LogP contribution >= 0.6 is 0 Å². The molecular weight excluding hydrogens is 396 g/mol. The van der Waals surface area contributed by atoms with Crippen LogP contribution in [-0.2, 0) is 0 Å². The maximum atomic E-state index is 14.9. The summed E-state index contributed by atoms with van der Waals surface area (Å²) in [5.74, 6) is -1.85. The minimum absolute atomic E-state index is 0.000259. The number of nitrogens with zero attached hydrogens (tertiary/aromatic N) is 3. The molecule has 1 aromatic heterocycles. The number of ether oxygens (including phenoxy) is 1. The van der Waals surface area contributed by atoms with E-state index in [4.69, 9.17) is 4.74 Å². The van der Waals surface area contributed by atoms with E-state index in [0.29, 0.717) is 13.1 Å². The Morgan fingerprint density at radius 3 is 2.60 bits per heavy atom. The van der Waals surface area contributed by atoms with Crippen LogP contribution in [0.1, 0.15) is 39.2 Å². The third-order valence-corrected chi connectivity index (χ3v) is 5.83. The van der Waals surface area contributed by atoms with Crippen molar-refractivity contribution in [2.45, 2.75) is 45.2 Å². The molecule has 7 nitrogen and oxygen atoms in total. The number of carboxylic acid groups (broad SMARTS) is 1. The highest BCUT2D eigenvalue weighted by Gasteiger charge is 2.36. The highest BCUT2D eigenvalue weighted by molar-refractivity contribution is 5.86. The van der Waals surface area contributed by atoms with Gasteiger partial charge in [-0.1, -0.05) is 6.92 Å². The van der Waals surface area contributed by atoms with Crippen LogP contribution in [0.15, 0.2) is 16.9 Å². The molecule has 1 saturated carbocycles. The number of rotatable bonds is 5. The number of halogens is 2. The van der Waals surface area contributed by atoms with Crippen molar-refractivity contribution in [2.75, 3.05) is 31.1 Å². The van der Waals surface area contributed by atoms with E-state index in [2.05, 4.69) is 18.7 Å². The molecule has 0 amide bonds. The number of carbonyl (C=O) groups is 1. The lowest BCUT2D eigenvalue weighted by Crippen LogP contribution is -2.53. The summed E-state index contributed by atoms with van der Waals surface area (Å²) >= 11 is 0. The van der Waals surface area contributed by atoms with Crippen LogP contribution in [0.25, 0.3) is 10.9 Å². The minimum atomic E-state index is -1.63. The highest BCUT2D eigenvalue weighted by Crippen LogP contribution is 2.44. The van der Waals surface area contributed by atoms with Crippen molar-refractivity contribution >= 4 is 22.9 Å². The van der Waals surface area contributed by atoms with Crippen molar-refractivity contribution in [3.05, 3.63) is 34.0 Å². The van der Waals surface area contributed by atoms with Crippen molar-refractivity contribution in [1.29, 1.82) is 0 Å². The molecule has 30 heavy (non-hydrogen) atoms. The number of fused-ring (bicyclic) bond motifs is 1. The average Bonchev–Trinajstić information content (AvgIpc) is 3.50. The van der Waals surface area contributed by atoms with E-state index in [-0.39, 0.29) is 34.6 Å². The summed E-state index contributed by atoms with van der Waals surface area (Å²) in [6.45, 7) is 6.92. The number of anilines is 1. The van der Waals surface area contributed by atoms with Gasteiger partial charge >= 0.3 is 6.16 Å². The fraction of sp³-hybridized carbons (Fsp3) is 0.524. The minimum Gasteiger partial charge on any atom is -0.449 e. The van der Waals surface area contributed by atoms with E-state index in [9.17, 15) is 23.5 Å². The normalized spacial score (nSPS) is 20.0. The second kappa shape index (κ2) is 7.86. The molecule has 0 spiro atoms. The quantitative estimate of drug-likeness (QED) is 0.744. The summed E-state index contributed by atoms with van der Waals surface area (Å²) in [4.78, 5) is 28.7. The van der Waals surface area contributed by atoms with Gasteiger partial charge in [0.05, 0.1) is 10.9 Å². The topological polar surface area (TPSA) is 75.0 Å². The molecule has 1 unspecified atom stereocenters. The molecule has 1 aliphatic heterocycles. The SMILES string of the molecule is CCCN1CCN(c2c(OC(=O)O)c(=O)c3cc(F)cc(F)c3n2C2CC2)CC1C. The number of hydrogen-bond donors (Lipinski definition) is 1. The zero-order valence-electron chi connectivity index (χ0n) is 17.0. The van der Waals surface area contributed by atoms with Crippen molar-refractivity contribution in [2.24, 2.45) is 0 Å². The molecule has 9 heteroatoms. The summed E-state index contributed by atoms with van der Waals surface area (Å²) in [7, 11) is 0. The molecule has 2 heterocycles. The lowest BCUT2D eigenvalue weighted by atomic mass is 10.1. The van der Waals surface area contributed by atoms with Crippen LogP contribution < -0.4 is 15.1 Å². The first kappa shape index (κ1) is 20.6. The van der Waals surface area contributed by atoms with E-state index in [1.807, 2.05) is 4.90 Å². The van der Waals surface area contributed by atoms with E-state index in [0.717, 1.165) is 44.5 Å².